The fourth-order valence-corrected chi connectivity index (χ4v) is 3.86. The highest BCUT2D eigenvalue weighted by molar-refractivity contribution is 5.37. The summed E-state index contributed by atoms with van der Waals surface area (Å²) in [4.78, 5) is 2.69. The molecule has 3 nitrogen and oxygen atoms in total. The second-order valence-electron chi connectivity index (χ2n) is 6.14. The van der Waals surface area contributed by atoms with Crippen molar-refractivity contribution in [3.05, 3.63) is 35.4 Å². The first-order valence-electron chi connectivity index (χ1n) is 7.87. The van der Waals surface area contributed by atoms with Crippen molar-refractivity contribution in [3.63, 3.8) is 0 Å². The van der Waals surface area contributed by atoms with Gasteiger partial charge in [0.15, 0.2) is 0 Å². The number of morpholine rings is 1. The quantitative estimate of drug-likeness (QED) is 0.916. The van der Waals surface area contributed by atoms with Crippen LogP contribution >= 0.6 is 0 Å². The number of likely N-dealkylation sites (N-methyl/N-ethyl adjacent to an activating group) is 1. The van der Waals surface area contributed by atoms with Crippen molar-refractivity contribution >= 4 is 0 Å². The second-order valence-corrected chi connectivity index (χ2v) is 6.14. The van der Waals surface area contributed by atoms with Crippen LogP contribution < -0.4 is 5.32 Å². The molecule has 0 bridgehead atoms. The van der Waals surface area contributed by atoms with Gasteiger partial charge in [-0.15, -0.1) is 0 Å². The van der Waals surface area contributed by atoms with Gasteiger partial charge in [0.25, 0.3) is 0 Å². The normalized spacial score (nSPS) is 34.1. The van der Waals surface area contributed by atoms with Gasteiger partial charge in [0.1, 0.15) is 0 Å². The molecule has 3 rings (SSSR count). The number of ether oxygens (including phenoxy) is 1. The molecule has 0 spiro atoms. The highest BCUT2D eigenvalue weighted by Gasteiger charge is 2.39. The van der Waals surface area contributed by atoms with Crippen LogP contribution in [0, 0.1) is 0 Å². The fourth-order valence-electron chi connectivity index (χ4n) is 3.86. The van der Waals surface area contributed by atoms with E-state index in [0.717, 1.165) is 26.0 Å². The Labute approximate surface area is 122 Å². The van der Waals surface area contributed by atoms with Gasteiger partial charge in [-0.05, 0) is 37.9 Å². The largest absolute Gasteiger partial charge is 0.376 e. The monoisotopic (exact) mass is 274 g/mol. The molecule has 1 aromatic carbocycles. The van der Waals surface area contributed by atoms with Gasteiger partial charge in [-0.25, -0.2) is 0 Å². The molecule has 110 valence electrons. The summed E-state index contributed by atoms with van der Waals surface area (Å²) in [6, 6.07) is 10.4. The molecule has 1 aliphatic carbocycles. The first-order valence-corrected chi connectivity index (χ1v) is 7.87. The van der Waals surface area contributed by atoms with Crippen LogP contribution in [0.5, 0.6) is 0 Å². The molecule has 1 fully saturated rings. The predicted molar refractivity (Wildman–Crippen MR) is 81.9 cm³/mol. The summed E-state index contributed by atoms with van der Waals surface area (Å²) in [5.41, 5.74) is 2.99. The fraction of sp³-hybridized carbons (Fsp3) is 0.647. The summed E-state index contributed by atoms with van der Waals surface area (Å²) < 4.78 is 5.86. The van der Waals surface area contributed by atoms with Crippen molar-refractivity contribution < 1.29 is 4.74 Å². The molecule has 2 aliphatic rings. The molecule has 0 radical (unpaired) electrons. The molecule has 1 N–H and O–H groups in total. The zero-order valence-corrected chi connectivity index (χ0v) is 12.8. The third-order valence-corrected chi connectivity index (χ3v) is 4.92. The highest BCUT2D eigenvalue weighted by atomic mass is 16.5. The van der Waals surface area contributed by atoms with Crippen molar-refractivity contribution in [1.82, 2.24) is 10.2 Å². The molecule has 4 atom stereocenters. The van der Waals surface area contributed by atoms with Gasteiger partial charge in [-0.3, -0.25) is 4.90 Å². The van der Waals surface area contributed by atoms with E-state index in [1.165, 1.54) is 11.1 Å². The number of hydrogen-bond acceptors (Lipinski definition) is 3. The van der Waals surface area contributed by atoms with Crippen molar-refractivity contribution in [3.8, 4) is 0 Å². The van der Waals surface area contributed by atoms with E-state index >= 15 is 0 Å². The van der Waals surface area contributed by atoms with Gasteiger partial charge in [0.05, 0.1) is 12.7 Å². The van der Waals surface area contributed by atoms with E-state index in [2.05, 4.69) is 55.4 Å². The van der Waals surface area contributed by atoms with Crippen LogP contribution in [-0.2, 0) is 11.2 Å². The van der Waals surface area contributed by atoms with Gasteiger partial charge in [0.2, 0.25) is 0 Å². The minimum Gasteiger partial charge on any atom is -0.376 e. The Morgan fingerprint density at radius 1 is 1.35 bits per heavy atom. The summed E-state index contributed by atoms with van der Waals surface area (Å²) in [6.07, 6.45) is 2.67. The number of hydrogen-bond donors (Lipinski definition) is 1. The van der Waals surface area contributed by atoms with Crippen LogP contribution in [0.1, 0.15) is 37.4 Å². The third-order valence-electron chi connectivity index (χ3n) is 4.92. The number of nitrogens with one attached hydrogen (secondary N) is 1. The Balaban J connectivity index is 1.86. The topological polar surface area (TPSA) is 24.5 Å². The van der Waals surface area contributed by atoms with E-state index in [1.54, 1.807) is 0 Å². The number of benzene rings is 1. The smallest absolute Gasteiger partial charge is 0.0674 e. The van der Waals surface area contributed by atoms with Crippen LogP contribution in [-0.4, -0.2) is 43.3 Å². The molecule has 3 heteroatoms. The lowest BCUT2D eigenvalue weighted by Gasteiger charge is -2.44. The van der Waals surface area contributed by atoms with Crippen LogP contribution in [0.15, 0.2) is 24.3 Å². The molecule has 20 heavy (non-hydrogen) atoms. The summed E-state index contributed by atoms with van der Waals surface area (Å²) in [5.74, 6) is 0. The van der Waals surface area contributed by atoms with Gasteiger partial charge >= 0.3 is 0 Å². The van der Waals surface area contributed by atoms with E-state index in [-0.39, 0.29) is 0 Å². The zero-order chi connectivity index (χ0) is 14.1. The summed E-state index contributed by atoms with van der Waals surface area (Å²) in [6.45, 7) is 6.39. The van der Waals surface area contributed by atoms with Crippen molar-refractivity contribution in [1.29, 1.82) is 0 Å². The van der Waals surface area contributed by atoms with Crippen LogP contribution in [0.4, 0.5) is 0 Å². The molecule has 1 heterocycles. The molecule has 1 aliphatic heterocycles. The van der Waals surface area contributed by atoms with E-state index in [1.807, 2.05) is 0 Å². The van der Waals surface area contributed by atoms with Gasteiger partial charge in [-0.1, -0.05) is 31.2 Å². The molecule has 4 unspecified atom stereocenters. The zero-order valence-electron chi connectivity index (χ0n) is 12.8. The lowest BCUT2D eigenvalue weighted by Crippen LogP contribution is -2.55. The second kappa shape index (κ2) is 5.84. The SMILES string of the molecule is CCC1COC(C)CN1C1Cc2ccccc2C1NC. The van der Waals surface area contributed by atoms with Gasteiger partial charge < -0.3 is 10.1 Å². The first kappa shape index (κ1) is 14.1. The van der Waals surface area contributed by atoms with E-state index in [0.29, 0.717) is 24.2 Å². The van der Waals surface area contributed by atoms with Crippen molar-refractivity contribution in [2.75, 3.05) is 20.2 Å². The Bertz CT molecular complexity index is 462. The maximum absolute atomic E-state index is 5.86. The predicted octanol–water partition coefficient (Wildman–Crippen LogP) is 2.37. The third kappa shape index (κ3) is 2.39. The van der Waals surface area contributed by atoms with E-state index in [4.69, 9.17) is 4.74 Å². The van der Waals surface area contributed by atoms with Crippen LogP contribution in [0.2, 0.25) is 0 Å². The van der Waals surface area contributed by atoms with Crippen molar-refractivity contribution in [2.24, 2.45) is 0 Å². The summed E-state index contributed by atoms with van der Waals surface area (Å²) in [7, 11) is 2.09. The Morgan fingerprint density at radius 3 is 2.90 bits per heavy atom. The highest BCUT2D eigenvalue weighted by Crippen LogP contribution is 2.36. The maximum atomic E-state index is 5.86. The lowest BCUT2D eigenvalue weighted by molar-refractivity contribution is -0.0758. The molecule has 0 aromatic heterocycles. The number of rotatable bonds is 3. The van der Waals surface area contributed by atoms with E-state index in [9.17, 15) is 0 Å². The minimum absolute atomic E-state index is 0.346. The molecule has 0 saturated carbocycles. The first-order chi connectivity index (χ1) is 9.74. The molecule has 1 aromatic rings. The van der Waals surface area contributed by atoms with Crippen LogP contribution in [0.3, 0.4) is 0 Å². The Kier molecular flexibility index (Phi) is 4.11. The summed E-state index contributed by atoms with van der Waals surface area (Å²) >= 11 is 0. The van der Waals surface area contributed by atoms with E-state index < -0.39 is 0 Å². The average Bonchev–Trinajstić information content (AvgIpc) is 2.85. The molecule has 1 saturated heterocycles. The Hall–Kier alpha value is -0.900. The molecule has 0 amide bonds. The van der Waals surface area contributed by atoms with Gasteiger partial charge in [-0.2, -0.15) is 0 Å². The molecular weight excluding hydrogens is 248 g/mol. The number of nitrogens with zero attached hydrogens (tertiary/aromatic N) is 1. The lowest BCUT2D eigenvalue weighted by atomic mass is 10.0. The van der Waals surface area contributed by atoms with Crippen molar-refractivity contribution in [2.45, 2.75) is 50.9 Å². The average molecular weight is 274 g/mol. The van der Waals surface area contributed by atoms with Crippen LogP contribution in [0.25, 0.3) is 0 Å². The molecular formula is C17H26N2O. The maximum Gasteiger partial charge on any atom is 0.0674 e. The summed E-state index contributed by atoms with van der Waals surface area (Å²) in [5, 5.41) is 3.54. The Morgan fingerprint density at radius 2 is 2.15 bits per heavy atom. The van der Waals surface area contributed by atoms with Gasteiger partial charge in [0, 0.05) is 24.7 Å². The number of fused-ring (bicyclic) bond motifs is 1. The standard InChI is InChI=1S/C17H26N2O/c1-4-14-11-20-12(2)10-19(14)16-9-13-7-5-6-8-15(13)17(16)18-3/h5-8,12,14,16-18H,4,9-11H2,1-3H3. The minimum atomic E-state index is 0.346.